The monoisotopic (exact) mass is 278 g/mol. The van der Waals surface area contributed by atoms with Crippen molar-refractivity contribution in [3.8, 4) is 5.75 Å². The van der Waals surface area contributed by atoms with Crippen molar-refractivity contribution < 1.29 is 17.9 Å². The van der Waals surface area contributed by atoms with E-state index in [0.29, 0.717) is 0 Å². The van der Waals surface area contributed by atoms with Gasteiger partial charge in [-0.3, -0.25) is 12.9 Å². The van der Waals surface area contributed by atoms with E-state index in [2.05, 4.69) is 17.6 Å². The van der Waals surface area contributed by atoms with Gasteiger partial charge in [-0.15, -0.1) is 0 Å². The van der Waals surface area contributed by atoms with Crippen LogP contribution in [0.15, 0.2) is 24.3 Å². The normalized spacial score (nSPS) is 10.9. The Morgan fingerprint density at radius 1 is 1.21 bits per heavy atom. The standard InChI is InChI=1S/C8H6F3O.BrH.Mg/c9-8(10,11)6-12-7-4-2-1-3-5-7;;/h2-5H,6H2;1H;/q;;+1/p-1. The molecule has 0 amide bonds. The first-order valence-electron chi connectivity index (χ1n) is 3.86. The highest BCUT2D eigenvalue weighted by molar-refractivity contribution is 9.23. The highest BCUT2D eigenvalue weighted by Gasteiger charge is 2.28. The molecule has 1 nitrogen and oxygen atoms in total. The molecule has 0 aliphatic heterocycles. The molecule has 0 N–H and O–H groups in total. The minimum absolute atomic E-state index is 0.251. The average Bonchev–Trinajstić information content (AvgIpc) is 2.14. The van der Waals surface area contributed by atoms with E-state index in [1.165, 1.54) is 0 Å². The van der Waals surface area contributed by atoms with Gasteiger partial charge < -0.3 is 4.74 Å². The van der Waals surface area contributed by atoms with Gasteiger partial charge in [0.15, 0.2) is 6.61 Å². The Balaban J connectivity index is 2.52. The quantitative estimate of drug-likeness (QED) is 0.771. The minimum Gasteiger partial charge on any atom is -0.484 e. The Morgan fingerprint density at radius 2 is 1.79 bits per heavy atom. The molecule has 1 aromatic rings. The lowest BCUT2D eigenvalue weighted by Gasteiger charge is -2.09. The summed E-state index contributed by atoms with van der Waals surface area (Å²) in [7, 11) is 0. The van der Waals surface area contributed by atoms with Crippen molar-refractivity contribution in [2.24, 2.45) is 0 Å². The highest BCUT2D eigenvalue weighted by Crippen LogP contribution is 2.17. The highest BCUT2D eigenvalue weighted by atomic mass is 79.9. The van der Waals surface area contributed by atoms with Crippen molar-refractivity contribution in [3.63, 3.8) is 0 Å². The number of hydrogen-bond acceptors (Lipinski definition) is 1. The summed E-state index contributed by atoms with van der Waals surface area (Å²) < 4.78 is 41.0. The van der Waals surface area contributed by atoms with Crippen LogP contribution in [0.3, 0.4) is 0 Å². The summed E-state index contributed by atoms with van der Waals surface area (Å²) in [4.78, 5) is 0. The van der Waals surface area contributed by atoms with Crippen LogP contribution in [0.25, 0.3) is 0 Å². The summed E-state index contributed by atoms with van der Waals surface area (Å²) in [6.07, 6.45) is -4.27. The van der Waals surface area contributed by atoms with E-state index in [4.69, 9.17) is 0 Å². The van der Waals surface area contributed by atoms with Crippen LogP contribution < -0.4 is 8.43 Å². The molecule has 0 saturated heterocycles. The fourth-order valence-electron chi connectivity index (χ4n) is 0.840. The largest absolute Gasteiger partial charge is 0.506 e. The number of halogens is 4. The first-order chi connectivity index (χ1) is 6.51. The predicted octanol–water partition coefficient (Wildman–Crippen LogP) is 2.27. The van der Waals surface area contributed by atoms with Crippen molar-refractivity contribution in [1.82, 2.24) is 0 Å². The van der Waals surface area contributed by atoms with E-state index in [1.54, 1.807) is 24.3 Å². The summed E-state index contributed by atoms with van der Waals surface area (Å²) in [6, 6.07) is 6.64. The maximum atomic E-state index is 11.8. The van der Waals surface area contributed by atoms with Crippen molar-refractivity contribution in [2.75, 3.05) is 6.61 Å². The maximum absolute atomic E-state index is 11.8. The van der Waals surface area contributed by atoms with Crippen molar-refractivity contribution in [3.05, 3.63) is 24.3 Å². The van der Waals surface area contributed by atoms with Gasteiger partial charge in [-0.25, -0.2) is 0 Å². The third-order valence-corrected chi connectivity index (χ3v) is 4.20. The summed E-state index contributed by atoms with van der Waals surface area (Å²) in [5.41, 5.74) is 0. The summed E-state index contributed by atoms with van der Waals surface area (Å²) >= 11 is 2.94. The Labute approximate surface area is 95.2 Å². The second-order valence-corrected chi connectivity index (χ2v) is 5.45. The average molecular weight is 279 g/mol. The Bertz CT molecular complexity index is 286. The molecule has 0 unspecified atom stereocenters. The van der Waals surface area contributed by atoms with Gasteiger partial charge in [0.25, 0.3) is 0 Å². The van der Waals surface area contributed by atoms with E-state index >= 15 is 0 Å². The van der Waals surface area contributed by atoms with E-state index in [0.717, 1.165) is 3.69 Å². The predicted molar refractivity (Wildman–Crippen MR) is 52.3 cm³/mol. The van der Waals surface area contributed by atoms with Crippen LogP contribution in [-0.2, 0) is 0 Å². The summed E-state index contributed by atoms with van der Waals surface area (Å²) in [5.74, 6) is 0.251. The third-order valence-electron chi connectivity index (χ3n) is 1.48. The smallest absolute Gasteiger partial charge is 0.484 e. The van der Waals surface area contributed by atoms with Gasteiger partial charge in [0.2, 0.25) is 0 Å². The van der Waals surface area contributed by atoms with E-state index in [-0.39, 0.29) is 5.75 Å². The van der Waals surface area contributed by atoms with E-state index in [9.17, 15) is 13.2 Å². The number of rotatable bonds is 3. The fraction of sp³-hybridized carbons (Fsp3) is 0.250. The number of alkyl halides is 3. The Kier molecular flexibility index (Phi) is 4.53. The van der Waals surface area contributed by atoms with Crippen LogP contribution in [0.2, 0.25) is 0 Å². The zero-order valence-corrected chi connectivity index (χ0v) is 10.1. The Morgan fingerprint density at radius 3 is 2.21 bits per heavy atom. The lowest BCUT2D eigenvalue weighted by Crippen LogP contribution is -2.19. The first-order valence-corrected chi connectivity index (χ1v) is 8.46. The topological polar surface area (TPSA) is 9.23 Å². The molecule has 0 spiro atoms. The molecule has 0 aliphatic rings. The number of ether oxygens (including phenoxy) is 1. The van der Waals surface area contributed by atoms with Crippen LogP contribution in [0.5, 0.6) is 5.75 Å². The minimum atomic E-state index is -4.27. The lowest BCUT2D eigenvalue weighted by molar-refractivity contribution is -0.153. The van der Waals surface area contributed by atoms with Gasteiger partial charge in [0.1, 0.15) is 5.75 Å². The van der Waals surface area contributed by atoms with Gasteiger partial charge in [-0.1, -0.05) is 12.1 Å². The molecular weight excluding hydrogens is 273 g/mol. The van der Waals surface area contributed by atoms with Crippen LogP contribution in [0.4, 0.5) is 13.2 Å². The Hall–Kier alpha value is 0.0562. The SMILES string of the molecule is FC(F)(F)COc1cc[c]([Mg][Br])cc1. The summed E-state index contributed by atoms with van der Waals surface area (Å²) in [6.45, 7) is -1.24. The number of benzene rings is 1. The molecule has 0 fully saturated rings. The molecule has 0 radical (unpaired) electrons. The first kappa shape index (κ1) is 12.1. The molecule has 6 heteroatoms. The van der Waals surface area contributed by atoms with Crippen molar-refractivity contribution in [2.45, 2.75) is 6.18 Å². The molecule has 74 valence electrons. The van der Waals surface area contributed by atoms with Crippen molar-refractivity contribution >= 4 is 34.8 Å². The molecule has 0 saturated carbocycles. The van der Waals surface area contributed by atoms with Crippen LogP contribution in [0.1, 0.15) is 0 Å². The zero-order valence-electron chi connectivity index (χ0n) is 7.14. The summed E-state index contributed by atoms with van der Waals surface area (Å²) in [5, 5.41) is 0. The van der Waals surface area contributed by atoms with Gasteiger partial charge >= 0.3 is 24.4 Å². The molecule has 0 heterocycles. The molecule has 0 bridgehead atoms. The second kappa shape index (κ2) is 5.23. The van der Waals surface area contributed by atoms with Gasteiger partial charge in [-0.2, -0.15) is 16.9 Å². The molecule has 0 aromatic heterocycles. The molecule has 0 aliphatic carbocycles. The van der Waals surface area contributed by atoms with Crippen LogP contribution in [0, 0.1) is 0 Å². The van der Waals surface area contributed by atoms with E-state index in [1.807, 2.05) is 0 Å². The third kappa shape index (κ3) is 4.52. The lowest BCUT2D eigenvalue weighted by atomic mass is 10.3. The molecule has 0 atom stereocenters. The zero-order chi connectivity index (χ0) is 10.6. The second-order valence-electron chi connectivity index (χ2n) is 2.68. The molecular formula is C8H6BrF3MgO. The van der Waals surface area contributed by atoms with Crippen LogP contribution in [-0.4, -0.2) is 31.0 Å². The number of hydrogen-bond donors (Lipinski definition) is 0. The van der Waals surface area contributed by atoms with Gasteiger partial charge in [0, 0.05) is 0 Å². The van der Waals surface area contributed by atoms with E-state index < -0.39 is 31.0 Å². The van der Waals surface area contributed by atoms with Crippen molar-refractivity contribution in [1.29, 1.82) is 0 Å². The molecule has 1 rings (SSSR count). The maximum Gasteiger partial charge on any atom is 0.506 e. The van der Waals surface area contributed by atoms with Crippen LogP contribution >= 0.6 is 12.9 Å². The molecule has 1 aromatic carbocycles. The van der Waals surface area contributed by atoms with Gasteiger partial charge in [0.05, 0.1) is 0 Å². The van der Waals surface area contributed by atoms with Gasteiger partial charge in [-0.05, 0) is 12.1 Å². The fourth-order valence-corrected chi connectivity index (χ4v) is 2.38. The molecule has 14 heavy (non-hydrogen) atoms.